The number of anilines is 1. The van der Waals surface area contributed by atoms with Gasteiger partial charge in [0, 0.05) is 31.7 Å². The zero-order valence-electron chi connectivity index (χ0n) is 17.0. The fraction of sp³-hybridized carbons (Fsp3) is 0.429. The second kappa shape index (κ2) is 8.63. The van der Waals surface area contributed by atoms with Gasteiger partial charge in [-0.1, -0.05) is 30.3 Å². The lowest BCUT2D eigenvalue weighted by atomic mass is 10.1. The molecule has 1 aromatic carbocycles. The molecule has 0 unspecified atom stereocenters. The molecular weight excluding hydrogens is 410 g/mol. The quantitative estimate of drug-likeness (QED) is 0.787. The molecule has 6 nitrogen and oxygen atoms in total. The van der Waals surface area contributed by atoms with Crippen LogP contribution in [0.15, 0.2) is 23.0 Å². The van der Waals surface area contributed by atoms with E-state index >= 15 is 0 Å². The molecule has 156 valence electrons. The summed E-state index contributed by atoms with van der Waals surface area (Å²) in [5.74, 6) is 0. The van der Waals surface area contributed by atoms with Crippen molar-refractivity contribution in [1.82, 2.24) is 9.88 Å². The number of hydrogen-bond donors (Lipinski definition) is 1. The highest BCUT2D eigenvalue weighted by Gasteiger charge is 2.25. The molecule has 0 radical (unpaired) electrons. The molecule has 0 atom stereocenters. The van der Waals surface area contributed by atoms with Crippen LogP contribution in [-0.4, -0.2) is 47.8 Å². The lowest BCUT2D eigenvalue weighted by Crippen LogP contribution is -2.39. The third kappa shape index (κ3) is 5.42. The maximum Gasteiger partial charge on any atom is 0.410 e. The fourth-order valence-corrected chi connectivity index (χ4v) is 4.30. The number of halogens is 1. The second-order valence-corrected chi connectivity index (χ2v) is 9.52. The number of ether oxygens (including phenoxy) is 1. The predicted octanol–water partition coefficient (Wildman–Crippen LogP) is 2.78. The van der Waals surface area contributed by atoms with Gasteiger partial charge in [0.1, 0.15) is 5.60 Å². The summed E-state index contributed by atoms with van der Waals surface area (Å²) in [7, 11) is 0. The smallest absolute Gasteiger partial charge is 0.410 e. The molecule has 8 heteroatoms. The van der Waals surface area contributed by atoms with Crippen molar-refractivity contribution in [2.75, 3.05) is 31.1 Å². The third-order valence-corrected chi connectivity index (χ3v) is 5.65. The Morgan fingerprint density at radius 1 is 1.28 bits per heavy atom. The summed E-state index contributed by atoms with van der Waals surface area (Å²) in [6, 6.07) is 5.66. The van der Waals surface area contributed by atoms with E-state index in [2.05, 4.69) is 16.5 Å². The summed E-state index contributed by atoms with van der Waals surface area (Å²) < 4.78 is 6.71. The Bertz CT molecular complexity index is 1050. The number of H-pyrrole nitrogens is 1. The van der Waals surface area contributed by atoms with Crippen LogP contribution in [0.3, 0.4) is 0 Å². The number of carbonyl (C=O) groups excluding carboxylic acids is 1. The van der Waals surface area contributed by atoms with Gasteiger partial charge < -0.3 is 19.5 Å². The number of benzene rings is 1. The first kappa shape index (κ1) is 21.5. The Kier molecular flexibility index (Phi) is 6.39. The van der Waals surface area contributed by atoms with Crippen LogP contribution in [0.25, 0.3) is 12.7 Å². The van der Waals surface area contributed by atoms with E-state index in [9.17, 15) is 9.59 Å². The molecule has 0 spiro atoms. The van der Waals surface area contributed by atoms with Crippen LogP contribution in [0.2, 0.25) is 5.02 Å². The topological polar surface area (TPSA) is 65.6 Å². The van der Waals surface area contributed by atoms with Gasteiger partial charge in [-0.2, -0.15) is 0 Å². The summed E-state index contributed by atoms with van der Waals surface area (Å²) >= 11 is 7.87. The number of rotatable bonds is 2. The molecule has 1 saturated heterocycles. The van der Waals surface area contributed by atoms with Gasteiger partial charge in [-0.05, 0) is 39.3 Å². The predicted molar refractivity (Wildman–Crippen MR) is 119 cm³/mol. The van der Waals surface area contributed by atoms with E-state index in [4.69, 9.17) is 16.3 Å². The van der Waals surface area contributed by atoms with Gasteiger partial charge in [-0.25, -0.2) is 4.79 Å². The van der Waals surface area contributed by atoms with Crippen LogP contribution in [-0.2, 0) is 4.74 Å². The van der Waals surface area contributed by atoms with Gasteiger partial charge in [-0.3, -0.25) is 4.79 Å². The molecule has 0 bridgehead atoms. The molecule has 1 amide bonds. The Labute approximate surface area is 179 Å². The minimum Gasteiger partial charge on any atom is -0.444 e. The molecule has 1 aliphatic rings. The minimum absolute atomic E-state index is 0.155. The van der Waals surface area contributed by atoms with Gasteiger partial charge in [0.25, 0.3) is 5.56 Å². The number of aromatic amines is 1. The van der Waals surface area contributed by atoms with Crippen molar-refractivity contribution in [2.45, 2.75) is 32.8 Å². The first-order valence-corrected chi connectivity index (χ1v) is 10.7. The first-order chi connectivity index (χ1) is 13.6. The second-order valence-electron chi connectivity index (χ2n) is 7.97. The van der Waals surface area contributed by atoms with Crippen molar-refractivity contribution in [3.05, 3.63) is 48.3 Å². The number of thiazole rings is 1. The van der Waals surface area contributed by atoms with E-state index in [1.165, 1.54) is 11.3 Å². The van der Waals surface area contributed by atoms with E-state index in [-0.39, 0.29) is 11.7 Å². The standard InChI is InChI=1S/C21H26ClN3O3S/c1-14-23-19(26)17(29-14)13-15-7-5-8-16(22)18(15)24-9-6-10-25(12-11-24)20(27)28-21(2,3)4/h5,7-8,13H,1,6,9-12H2,2-4H3,(H,23,26)/b17-13-. The summed E-state index contributed by atoms with van der Waals surface area (Å²) in [5, 5.41) is 0.618. The fourth-order valence-electron chi connectivity index (χ4n) is 3.26. The number of nitrogens with one attached hydrogen (secondary N) is 1. The number of nitrogens with zero attached hydrogens (tertiary/aromatic N) is 2. The van der Waals surface area contributed by atoms with Crippen molar-refractivity contribution in [2.24, 2.45) is 0 Å². The number of amides is 1. The first-order valence-electron chi connectivity index (χ1n) is 9.55. The molecular formula is C21H26ClN3O3S. The van der Waals surface area contributed by atoms with Gasteiger partial charge in [0.15, 0.2) is 0 Å². The number of aromatic nitrogens is 1. The lowest BCUT2D eigenvalue weighted by Gasteiger charge is -2.27. The summed E-state index contributed by atoms with van der Waals surface area (Å²) in [6.07, 6.45) is 2.35. The molecule has 3 rings (SSSR count). The summed E-state index contributed by atoms with van der Waals surface area (Å²) in [6.45, 7) is 11.9. The molecule has 0 saturated carbocycles. The molecule has 1 aromatic heterocycles. The molecule has 1 aliphatic heterocycles. The monoisotopic (exact) mass is 435 g/mol. The summed E-state index contributed by atoms with van der Waals surface area (Å²) in [4.78, 5) is 31.1. The zero-order chi connectivity index (χ0) is 21.2. The van der Waals surface area contributed by atoms with Crippen molar-refractivity contribution in [3.63, 3.8) is 0 Å². The van der Waals surface area contributed by atoms with Crippen LogP contribution in [0, 0.1) is 0 Å². The average Bonchev–Trinajstić information content (AvgIpc) is 2.81. The Morgan fingerprint density at radius 3 is 2.69 bits per heavy atom. The molecule has 29 heavy (non-hydrogen) atoms. The van der Waals surface area contributed by atoms with E-state index in [0.717, 1.165) is 24.2 Å². The van der Waals surface area contributed by atoms with Crippen molar-refractivity contribution in [3.8, 4) is 0 Å². The molecule has 0 aliphatic carbocycles. The molecule has 2 heterocycles. The number of para-hydroxylation sites is 1. The maximum atomic E-state index is 12.4. The highest BCUT2D eigenvalue weighted by Crippen LogP contribution is 2.31. The van der Waals surface area contributed by atoms with Crippen LogP contribution in [0.1, 0.15) is 32.8 Å². The summed E-state index contributed by atoms with van der Waals surface area (Å²) in [5.41, 5.74) is 1.07. The highest BCUT2D eigenvalue weighted by molar-refractivity contribution is 7.07. The zero-order valence-corrected chi connectivity index (χ0v) is 18.5. The number of carbonyl (C=O) groups is 1. The largest absolute Gasteiger partial charge is 0.444 e. The van der Waals surface area contributed by atoms with Crippen LogP contribution in [0.4, 0.5) is 10.5 Å². The van der Waals surface area contributed by atoms with Crippen LogP contribution < -0.4 is 19.7 Å². The van der Waals surface area contributed by atoms with Crippen LogP contribution >= 0.6 is 22.9 Å². The molecule has 1 N–H and O–H groups in total. The maximum absolute atomic E-state index is 12.4. The Morgan fingerprint density at radius 2 is 2.03 bits per heavy atom. The normalized spacial score (nSPS) is 16.1. The third-order valence-electron chi connectivity index (χ3n) is 4.48. The molecule has 1 fully saturated rings. The molecule has 2 aromatic rings. The Balaban J connectivity index is 1.87. The average molecular weight is 436 g/mol. The van der Waals surface area contributed by atoms with Crippen molar-refractivity contribution in [1.29, 1.82) is 0 Å². The highest BCUT2D eigenvalue weighted by atomic mass is 35.5. The van der Waals surface area contributed by atoms with Crippen molar-refractivity contribution >= 4 is 47.4 Å². The Hall–Kier alpha value is -2.25. The van der Waals surface area contributed by atoms with E-state index in [1.807, 2.05) is 45.0 Å². The van der Waals surface area contributed by atoms with E-state index in [0.29, 0.717) is 33.9 Å². The number of hydrogen-bond acceptors (Lipinski definition) is 5. The van der Waals surface area contributed by atoms with E-state index < -0.39 is 5.60 Å². The SMILES string of the molecule is C=c1[nH]c(=O)/c(=C/c2cccc(Cl)c2N2CCCN(C(=O)OC(C)(C)C)CC2)s1. The van der Waals surface area contributed by atoms with Gasteiger partial charge >= 0.3 is 6.09 Å². The van der Waals surface area contributed by atoms with Gasteiger partial charge in [-0.15, -0.1) is 11.3 Å². The van der Waals surface area contributed by atoms with Crippen molar-refractivity contribution < 1.29 is 9.53 Å². The lowest BCUT2D eigenvalue weighted by molar-refractivity contribution is 0.0263. The van der Waals surface area contributed by atoms with Gasteiger partial charge in [0.05, 0.1) is 19.9 Å². The minimum atomic E-state index is -0.519. The van der Waals surface area contributed by atoms with Gasteiger partial charge in [0.2, 0.25) is 0 Å². The van der Waals surface area contributed by atoms with E-state index in [1.54, 1.807) is 4.90 Å². The van der Waals surface area contributed by atoms with Crippen LogP contribution in [0.5, 0.6) is 0 Å².